The van der Waals surface area contributed by atoms with Crippen LogP contribution in [0.15, 0.2) is 48.5 Å². The molecule has 19 heavy (non-hydrogen) atoms. The molecule has 2 rings (SSSR count). The number of hydrogen-bond acceptors (Lipinski definition) is 2. The lowest BCUT2D eigenvalue weighted by Gasteiger charge is -2.16. The smallest absolute Gasteiger partial charge is 0.165 e. The third-order valence-corrected chi connectivity index (χ3v) is 3.46. The molecule has 0 amide bonds. The molecule has 1 atom stereocenters. The number of rotatable bonds is 5. The summed E-state index contributed by atoms with van der Waals surface area (Å²) in [5.74, 6) is 0.806. The van der Waals surface area contributed by atoms with Gasteiger partial charge in [0.1, 0.15) is 0 Å². The molecule has 1 unspecified atom stereocenters. The average Bonchev–Trinajstić information content (AvgIpc) is 2.44. The van der Waals surface area contributed by atoms with E-state index in [9.17, 15) is 4.39 Å². The summed E-state index contributed by atoms with van der Waals surface area (Å²) in [4.78, 5) is 0. The molecule has 0 saturated heterocycles. The highest BCUT2D eigenvalue weighted by Crippen LogP contribution is 2.22. The van der Waals surface area contributed by atoms with Crippen LogP contribution in [0.5, 0.6) is 5.75 Å². The van der Waals surface area contributed by atoms with Crippen molar-refractivity contribution >= 4 is 12.6 Å². The molecule has 0 aromatic heterocycles. The molecule has 0 spiro atoms. The Hall–Kier alpha value is -1.48. The van der Waals surface area contributed by atoms with Crippen LogP contribution in [0.2, 0.25) is 0 Å². The summed E-state index contributed by atoms with van der Waals surface area (Å²) in [7, 11) is 0. The molecule has 0 saturated carbocycles. The molecule has 3 heteroatoms. The van der Waals surface area contributed by atoms with Gasteiger partial charge in [0.2, 0.25) is 0 Å². The van der Waals surface area contributed by atoms with E-state index in [1.165, 1.54) is 6.07 Å². The molecule has 2 aromatic rings. The van der Waals surface area contributed by atoms with Crippen LogP contribution < -0.4 is 4.74 Å². The highest BCUT2D eigenvalue weighted by atomic mass is 32.1. The van der Waals surface area contributed by atoms with Gasteiger partial charge in [-0.1, -0.05) is 36.4 Å². The van der Waals surface area contributed by atoms with Gasteiger partial charge < -0.3 is 4.74 Å². The Morgan fingerprint density at radius 3 is 2.58 bits per heavy atom. The summed E-state index contributed by atoms with van der Waals surface area (Å²) >= 11 is 4.35. The fourth-order valence-corrected chi connectivity index (χ4v) is 2.21. The summed E-state index contributed by atoms with van der Waals surface area (Å²) in [5, 5.41) is 0. The Labute approximate surface area is 118 Å². The third kappa shape index (κ3) is 3.74. The van der Waals surface area contributed by atoms with Gasteiger partial charge in [-0.15, -0.1) is 0 Å². The molecule has 0 heterocycles. The quantitative estimate of drug-likeness (QED) is 0.804. The lowest BCUT2D eigenvalue weighted by atomic mass is 10.0. The van der Waals surface area contributed by atoms with Crippen LogP contribution in [0.4, 0.5) is 4.39 Å². The van der Waals surface area contributed by atoms with Gasteiger partial charge >= 0.3 is 0 Å². The topological polar surface area (TPSA) is 9.23 Å². The highest BCUT2D eigenvalue weighted by molar-refractivity contribution is 7.80. The van der Waals surface area contributed by atoms with E-state index in [0.717, 1.165) is 11.1 Å². The Balaban J connectivity index is 2.06. The van der Waals surface area contributed by atoms with Crippen LogP contribution >= 0.6 is 12.6 Å². The first-order chi connectivity index (χ1) is 9.20. The Bertz CT molecular complexity index is 528. The van der Waals surface area contributed by atoms with E-state index in [2.05, 4.69) is 12.6 Å². The molecular formula is C16H17FOS. The summed E-state index contributed by atoms with van der Waals surface area (Å²) < 4.78 is 19.2. The van der Waals surface area contributed by atoms with Crippen molar-refractivity contribution in [1.29, 1.82) is 0 Å². The first-order valence-corrected chi connectivity index (χ1v) is 6.88. The van der Waals surface area contributed by atoms with Gasteiger partial charge in [-0.05, 0) is 30.2 Å². The first-order valence-electron chi connectivity index (χ1n) is 6.25. The van der Waals surface area contributed by atoms with Crippen molar-refractivity contribution in [1.82, 2.24) is 0 Å². The van der Waals surface area contributed by atoms with Crippen LogP contribution in [-0.2, 0) is 0 Å². The minimum absolute atomic E-state index is 0.157. The minimum atomic E-state index is -0.323. The van der Waals surface area contributed by atoms with Gasteiger partial charge in [0.15, 0.2) is 11.6 Å². The molecule has 0 aliphatic rings. The van der Waals surface area contributed by atoms with Gasteiger partial charge in [0, 0.05) is 11.7 Å². The third-order valence-electron chi connectivity index (χ3n) is 3.02. The number of ether oxygens (including phenoxy) is 1. The van der Waals surface area contributed by atoms with Gasteiger partial charge in [0.05, 0.1) is 6.61 Å². The molecule has 0 N–H and O–H groups in total. The molecule has 0 fully saturated rings. The maximum Gasteiger partial charge on any atom is 0.165 e. The first kappa shape index (κ1) is 13.9. The predicted molar refractivity (Wildman–Crippen MR) is 79.7 cm³/mol. The minimum Gasteiger partial charge on any atom is -0.490 e. The Morgan fingerprint density at radius 2 is 1.89 bits per heavy atom. The Kier molecular flexibility index (Phi) is 4.86. The lowest BCUT2D eigenvalue weighted by Crippen LogP contribution is -2.12. The zero-order valence-corrected chi connectivity index (χ0v) is 11.7. The van der Waals surface area contributed by atoms with Crippen LogP contribution in [0, 0.1) is 12.7 Å². The van der Waals surface area contributed by atoms with E-state index in [1.54, 1.807) is 12.1 Å². The average molecular weight is 276 g/mol. The van der Waals surface area contributed by atoms with Crippen molar-refractivity contribution < 1.29 is 9.13 Å². The normalized spacial score (nSPS) is 12.2. The Morgan fingerprint density at radius 1 is 1.16 bits per heavy atom. The maximum atomic E-state index is 13.6. The van der Waals surface area contributed by atoms with Crippen molar-refractivity contribution in [2.45, 2.75) is 12.8 Å². The van der Waals surface area contributed by atoms with Crippen LogP contribution in [-0.4, -0.2) is 12.4 Å². The molecule has 100 valence electrons. The van der Waals surface area contributed by atoms with E-state index in [4.69, 9.17) is 4.74 Å². The molecule has 0 aliphatic heterocycles. The summed E-state index contributed by atoms with van der Waals surface area (Å²) in [6.45, 7) is 2.34. The van der Waals surface area contributed by atoms with Crippen molar-refractivity contribution in [2.24, 2.45) is 0 Å². The molecular weight excluding hydrogens is 259 g/mol. The van der Waals surface area contributed by atoms with Gasteiger partial charge in [0.25, 0.3) is 0 Å². The SMILES string of the molecule is Cc1ccc(F)c(OCC(CS)c2ccccc2)c1. The predicted octanol–water partition coefficient (Wildman–Crippen LogP) is 4.23. The second-order valence-corrected chi connectivity index (χ2v) is 4.90. The number of hydrogen-bond donors (Lipinski definition) is 1. The van der Waals surface area contributed by atoms with Gasteiger partial charge in [-0.3, -0.25) is 0 Å². The van der Waals surface area contributed by atoms with Crippen LogP contribution in [0.25, 0.3) is 0 Å². The van der Waals surface area contributed by atoms with E-state index in [1.807, 2.05) is 37.3 Å². The summed E-state index contributed by atoms with van der Waals surface area (Å²) in [6, 6.07) is 14.9. The number of aryl methyl sites for hydroxylation is 1. The second-order valence-electron chi connectivity index (χ2n) is 4.54. The maximum absolute atomic E-state index is 13.6. The standard InChI is InChI=1S/C16H17FOS/c1-12-7-8-15(17)16(9-12)18-10-14(11-19)13-5-3-2-4-6-13/h2-9,14,19H,10-11H2,1H3. The zero-order chi connectivity index (χ0) is 13.7. The van der Waals surface area contributed by atoms with E-state index in [-0.39, 0.29) is 11.7 Å². The second kappa shape index (κ2) is 6.62. The fraction of sp³-hybridized carbons (Fsp3) is 0.250. The van der Waals surface area contributed by atoms with Crippen molar-refractivity contribution in [3.63, 3.8) is 0 Å². The van der Waals surface area contributed by atoms with Crippen molar-refractivity contribution in [2.75, 3.05) is 12.4 Å². The molecule has 0 aliphatic carbocycles. The summed E-state index contributed by atoms with van der Waals surface area (Å²) in [5.41, 5.74) is 2.14. The summed E-state index contributed by atoms with van der Waals surface area (Å²) in [6.07, 6.45) is 0. The molecule has 1 nitrogen and oxygen atoms in total. The van der Waals surface area contributed by atoms with Gasteiger partial charge in [-0.2, -0.15) is 12.6 Å². The van der Waals surface area contributed by atoms with E-state index < -0.39 is 0 Å². The lowest BCUT2D eigenvalue weighted by molar-refractivity contribution is 0.283. The largest absolute Gasteiger partial charge is 0.490 e. The van der Waals surface area contributed by atoms with Crippen molar-refractivity contribution in [3.05, 3.63) is 65.5 Å². The number of thiol groups is 1. The van der Waals surface area contributed by atoms with E-state index >= 15 is 0 Å². The molecule has 2 aromatic carbocycles. The fourth-order valence-electron chi connectivity index (χ4n) is 1.89. The van der Waals surface area contributed by atoms with Crippen LogP contribution in [0.3, 0.4) is 0 Å². The molecule has 0 radical (unpaired) electrons. The van der Waals surface area contributed by atoms with Crippen molar-refractivity contribution in [3.8, 4) is 5.75 Å². The van der Waals surface area contributed by atoms with Crippen LogP contribution in [0.1, 0.15) is 17.0 Å². The van der Waals surface area contributed by atoms with E-state index in [0.29, 0.717) is 18.1 Å². The monoisotopic (exact) mass is 276 g/mol. The highest BCUT2D eigenvalue weighted by Gasteiger charge is 2.12. The van der Waals surface area contributed by atoms with Gasteiger partial charge in [-0.25, -0.2) is 4.39 Å². The number of halogens is 1. The molecule has 0 bridgehead atoms. The zero-order valence-electron chi connectivity index (χ0n) is 10.8. The number of benzene rings is 2.